The Labute approximate surface area is 142 Å². The molecule has 0 fully saturated rings. The third-order valence-electron chi connectivity index (χ3n) is 3.60. The summed E-state index contributed by atoms with van der Waals surface area (Å²) in [6, 6.07) is 9.45. The highest BCUT2D eigenvalue weighted by molar-refractivity contribution is 5.89. The van der Waals surface area contributed by atoms with Crippen molar-refractivity contribution in [3.05, 3.63) is 72.3 Å². The fourth-order valence-electron chi connectivity index (χ4n) is 2.29. The third kappa shape index (κ3) is 3.97. The molecule has 3 aromatic rings. The number of carbonyl (C=O) groups excluding carboxylic acids is 1. The number of nitrogens with zero attached hydrogens (tertiary/aromatic N) is 3. The first-order valence-electron chi connectivity index (χ1n) is 7.50. The topological polar surface area (TPSA) is 71.8 Å². The lowest BCUT2D eigenvalue weighted by atomic mass is 10.1. The van der Waals surface area contributed by atoms with Gasteiger partial charge in [0.25, 0.3) is 0 Å². The quantitative estimate of drug-likeness (QED) is 0.762. The molecule has 0 radical (unpaired) electrons. The Balaban J connectivity index is 1.63. The van der Waals surface area contributed by atoms with Gasteiger partial charge in [-0.15, -0.1) is 0 Å². The molecule has 0 aliphatic carbocycles. The fourth-order valence-corrected chi connectivity index (χ4v) is 2.29. The van der Waals surface area contributed by atoms with Crippen LogP contribution in [-0.2, 0) is 0 Å². The Morgan fingerprint density at radius 1 is 1.16 bits per heavy atom. The Bertz CT molecular complexity index is 865. The maximum absolute atomic E-state index is 13.6. The molecule has 2 N–H and O–H groups in total. The average Bonchev–Trinajstić information content (AvgIpc) is 3.12. The highest BCUT2D eigenvalue weighted by Gasteiger charge is 2.12. The number of urea groups is 1. The lowest BCUT2D eigenvalue weighted by Crippen LogP contribution is -2.31. The summed E-state index contributed by atoms with van der Waals surface area (Å²) in [7, 11) is 0. The number of carbonyl (C=O) groups is 1. The second kappa shape index (κ2) is 7.08. The molecule has 2 aromatic carbocycles. The van der Waals surface area contributed by atoms with E-state index >= 15 is 0 Å². The standard InChI is InChI=1S/C17H15F2N5O/c1-11(12-2-5-14(6-3-12)24-10-20-9-21-24)22-17(25)23-16-7-4-13(18)8-15(16)19/h2-11H,1H3,(H2,22,23,25). The van der Waals surface area contributed by atoms with Crippen LogP contribution in [-0.4, -0.2) is 20.8 Å². The predicted octanol–water partition coefficient (Wildman–Crippen LogP) is 3.43. The van der Waals surface area contributed by atoms with Gasteiger partial charge in [0.2, 0.25) is 0 Å². The van der Waals surface area contributed by atoms with Crippen LogP contribution in [0.25, 0.3) is 5.69 Å². The first-order valence-corrected chi connectivity index (χ1v) is 7.50. The van der Waals surface area contributed by atoms with Crippen LogP contribution in [0, 0.1) is 11.6 Å². The molecule has 3 rings (SSSR count). The van der Waals surface area contributed by atoms with E-state index in [2.05, 4.69) is 20.7 Å². The molecule has 0 aliphatic heterocycles. The van der Waals surface area contributed by atoms with E-state index in [9.17, 15) is 13.6 Å². The maximum atomic E-state index is 13.6. The molecule has 25 heavy (non-hydrogen) atoms. The average molecular weight is 343 g/mol. The van der Waals surface area contributed by atoms with Crippen LogP contribution in [0.4, 0.5) is 19.3 Å². The summed E-state index contributed by atoms with van der Waals surface area (Å²) in [4.78, 5) is 15.9. The number of benzene rings is 2. The minimum absolute atomic E-state index is 0.0902. The van der Waals surface area contributed by atoms with Crippen molar-refractivity contribution in [2.45, 2.75) is 13.0 Å². The largest absolute Gasteiger partial charge is 0.331 e. The Kier molecular flexibility index (Phi) is 4.69. The summed E-state index contributed by atoms with van der Waals surface area (Å²) in [5, 5.41) is 9.09. The number of rotatable bonds is 4. The molecule has 6 nitrogen and oxygen atoms in total. The SMILES string of the molecule is CC(NC(=O)Nc1ccc(F)cc1F)c1ccc(-n2cncn2)cc1. The summed E-state index contributed by atoms with van der Waals surface area (Å²) in [6.07, 6.45) is 3.03. The highest BCUT2D eigenvalue weighted by atomic mass is 19.1. The molecule has 1 aromatic heterocycles. The van der Waals surface area contributed by atoms with Gasteiger partial charge in [-0.1, -0.05) is 12.1 Å². The molecule has 128 valence electrons. The third-order valence-corrected chi connectivity index (χ3v) is 3.60. The van der Waals surface area contributed by atoms with Gasteiger partial charge in [-0.3, -0.25) is 0 Å². The monoisotopic (exact) mass is 343 g/mol. The smallest absolute Gasteiger partial charge is 0.319 e. The van der Waals surface area contributed by atoms with Crippen molar-refractivity contribution in [1.29, 1.82) is 0 Å². The second-order valence-electron chi connectivity index (χ2n) is 5.38. The van der Waals surface area contributed by atoms with Crippen molar-refractivity contribution in [2.75, 3.05) is 5.32 Å². The molecule has 1 atom stereocenters. The number of amides is 2. The number of halogens is 2. The summed E-state index contributed by atoms with van der Waals surface area (Å²) < 4.78 is 28.0. The van der Waals surface area contributed by atoms with Crippen molar-refractivity contribution < 1.29 is 13.6 Å². The van der Waals surface area contributed by atoms with Crippen LogP contribution >= 0.6 is 0 Å². The Hall–Kier alpha value is -3.29. The lowest BCUT2D eigenvalue weighted by Gasteiger charge is -2.16. The molecular formula is C17H15F2N5O. The van der Waals surface area contributed by atoms with E-state index in [4.69, 9.17) is 0 Å². The maximum Gasteiger partial charge on any atom is 0.319 e. The van der Waals surface area contributed by atoms with E-state index < -0.39 is 17.7 Å². The molecule has 8 heteroatoms. The highest BCUT2D eigenvalue weighted by Crippen LogP contribution is 2.17. The van der Waals surface area contributed by atoms with Crippen LogP contribution in [0.3, 0.4) is 0 Å². The van der Waals surface area contributed by atoms with Crippen molar-refractivity contribution in [1.82, 2.24) is 20.1 Å². The molecule has 2 amide bonds. The molecule has 0 saturated heterocycles. The first-order chi connectivity index (χ1) is 12.0. The van der Waals surface area contributed by atoms with E-state index in [-0.39, 0.29) is 11.7 Å². The molecule has 0 saturated carbocycles. The van der Waals surface area contributed by atoms with Gasteiger partial charge in [0.1, 0.15) is 24.3 Å². The van der Waals surface area contributed by atoms with Gasteiger partial charge in [0.15, 0.2) is 0 Å². The minimum atomic E-state index is -0.833. The van der Waals surface area contributed by atoms with E-state index in [0.717, 1.165) is 17.3 Å². The van der Waals surface area contributed by atoms with Gasteiger partial charge >= 0.3 is 6.03 Å². The number of hydrogen-bond donors (Lipinski definition) is 2. The van der Waals surface area contributed by atoms with Crippen LogP contribution in [0.2, 0.25) is 0 Å². The van der Waals surface area contributed by atoms with Crippen LogP contribution in [0.5, 0.6) is 0 Å². The second-order valence-corrected chi connectivity index (χ2v) is 5.38. The molecule has 0 bridgehead atoms. The summed E-state index contributed by atoms with van der Waals surface area (Å²) in [5.74, 6) is -1.54. The number of aromatic nitrogens is 3. The molecular weight excluding hydrogens is 328 g/mol. The normalized spacial score (nSPS) is 11.8. The van der Waals surface area contributed by atoms with Crippen molar-refractivity contribution >= 4 is 11.7 Å². The Morgan fingerprint density at radius 2 is 1.92 bits per heavy atom. The summed E-state index contributed by atoms with van der Waals surface area (Å²) in [5.41, 5.74) is 1.61. The van der Waals surface area contributed by atoms with Crippen LogP contribution < -0.4 is 10.6 Å². The zero-order valence-corrected chi connectivity index (χ0v) is 13.3. The molecule has 0 aliphatic rings. The van der Waals surface area contributed by atoms with Gasteiger partial charge < -0.3 is 10.6 Å². The van der Waals surface area contributed by atoms with Crippen LogP contribution in [0.1, 0.15) is 18.5 Å². The molecule has 1 unspecified atom stereocenters. The summed E-state index contributed by atoms with van der Waals surface area (Å²) in [6.45, 7) is 1.80. The van der Waals surface area contributed by atoms with Gasteiger partial charge in [0.05, 0.1) is 17.4 Å². The minimum Gasteiger partial charge on any atom is -0.331 e. The molecule has 1 heterocycles. The van der Waals surface area contributed by atoms with E-state index in [1.54, 1.807) is 17.9 Å². The zero-order valence-electron chi connectivity index (χ0n) is 13.3. The first kappa shape index (κ1) is 16.6. The van der Waals surface area contributed by atoms with Gasteiger partial charge in [-0.05, 0) is 36.8 Å². The fraction of sp³-hybridized carbons (Fsp3) is 0.118. The zero-order chi connectivity index (χ0) is 17.8. The van der Waals surface area contributed by atoms with E-state index in [1.165, 1.54) is 12.4 Å². The summed E-state index contributed by atoms with van der Waals surface area (Å²) >= 11 is 0. The van der Waals surface area contributed by atoms with Crippen molar-refractivity contribution in [3.63, 3.8) is 0 Å². The van der Waals surface area contributed by atoms with E-state index in [0.29, 0.717) is 6.07 Å². The number of nitrogens with one attached hydrogen (secondary N) is 2. The molecule has 0 spiro atoms. The van der Waals surface area contributed by atoms with E-state index in [1.807, 2.05) is 24.3 Å². The van der Waals surface area contributed by atoms with Gasteiger partial charge in [-0.25, -0.2) is 23.2 Å². The number of anilines is 1. The van der Waals surface area contributed by atoms with Crippen molar-refractivity contribution in [3.8, 4) is 5.69 Å². The predicted molar refractivity (Wildman–Crippen MR) is 88.3 cm³/mol. The number of hydrogen-bond acceptors (Lipinski definition) is 3. The van der Waals surface area contributed by atoms with Gasteiger partial charge in [-0.2, -0.15) is 5.10 Å². The Morgan fingerprint density at radius 3 is 2.56 bits per heavy atom. The van der Waals surface area contributed by atoms with Gasteiger partial charge in [0, 0.05) is 6.07 Å². The van der Waals surface area contributed by atoms with Crippen LogP contribution in [0.15, 0.2) is 55.1 Å². The van der Waals surface area contributed by atoms with Crippen molar-refractivity contribution in [2.24, 2.45) is 0 Å². The lowest BCUT2D eigenvalue weighted by molar-refractivity contribution is 0.249.